The van der Waals surface area contributed by atoms with Crippen LogP contribution in [0.15, 0.2) is 12.1 Å². The van der Waals surface area contributed by atoms with Gasteiger partial charge in [0.05, 0.1) is 25.0 Å². The van der Waals surface area contributed by atoms with Crippen LogP contribution in [0.25, 0.3) is 0 Å². The average molecular weight is 238 g/mol. The lowest BCUT2D eigenvalue weighted by Crippen LogP contribution is -2.24. The zero-order valence-corrected chi connectivity index (χ0v) is 9.43. The minimum Gasteiger partial charge on any atom is -0.504 e. The van der Waals surface area contributed by atoms with Gasteiger partial charge in [0.2, 0.25) is 0 Å². The van der Waals surface area contributed by atoms with Gasteiger partial charge in [-0.25, -0.2) is 4.79 Å². The van der Waals surface area contributed by atoms with Crippen LogP contribution in [-0.2, 0) is 0 Å². The molecule has 1 aliphatic heterocycles. The Kier molecular flexibility index (Phi) is 3.06. The maximum absolute atomic E-state index is 11.2. The molecule has 6 nitrogen and oxygen atoms in total. The number of hydrogen-bond acceptors (Lipinski definition) is 5. The predicted molar refractivity (Wildman–Crippen MR) is 61.8 cm³/mol. The fourth-order valence-electron chi connectivity index (χ4n) is 1.95. The number of aromatic hydroxyl groups is 1. The van der Waals surface area contributed by atoms with Crippen LogP contribution < -0.4 is 15.0 Å². The molecule has 2 rings (SSSR count). The third-order valence-electron chi connectivity index (χ3n) is 2.72. The molecule has 0 bridgehead atoms. The topological polar surface area (TPSA) is 82.0 Å². The molecule has 6 heteroatoms. The number of carbonyl (C=O) groups is 1. The minimum absolute atomic E-state index is 0.0561. The highest BCUT2D eigenvalue weighted by molar-refractivity contribution is 5.97. The maximum Gasteiger partial charge on any atom is 0.337 e. The van der Waals surface area contributed by atoms with Gasteiger partial charge in [-0.3, -0.25) is 5.32 Å². The summed E-state index contributed by atoms with van der Waals surface area (Å²) in [4.78, 5) is 13.0. The van der Waals surface area contributed by atoms with Crippen molar-refractivity contribution in [2.45, 2.75) is 0 Å². The minimum atomic E-state index is -1.04. The summed E-state index contributed by atoms with van der Waals surface area (Å²) in [6, 6.07) is 2.71. The monoisotopic (exact) mass is 238 g/mol. The number of rotatable bonds is 3. The molecular weight excluding hydrogens is 224 g/mol. The standard InChI is InChI=1S/C11H14N2O4/c1-17-10-8(14)3-2-7(11(15)16)9(10)13-5-4-12-6-13/h2-3,12,14H,4-6H2,1H3,(H,15,16). The zero-order valence-electron chi connectivity index (χ0n) is 9.43. The fourth-order valence-corrected chi connectivity index (χ4v) is 1.95. The summed E-state index contributed by atoms with van der Waals surface area (Å²) in [7, 11) is 1.41. The summed E-state index contributed by atoms with van der Waals surface area (Å²) in [6.07, 6.45) is 0. The van der Waals surface area contributed by atoms with Gasteiger partial charge < -0.3 is 19.8 Å². The molecule has 92 valence electrons. The van der Waals surface area contributed by atoms with Crippen LogP contribution in [-0.4, -0.2) is 43.1 Å². The molecule has 1 fully saturated rings. The van der Waals surface area contributed by atoms with E-state index in [0.29, 0.717) is 18.9 Å². The number of ether oxygens (including phenoxy) is 1. The van der Waals surface area contributed by atoms with Crippen molar-refractivity contribution in [1.29, 1.82) is 0 Å². The van der Waals surface area contributed by atoms with Crippen molar-refractivity contribution in [3.05, 3.63) is 17.7 Å². The van der Waals surface area contributed by atoms with Crippen LogP contribution in [0.3, 0.4) is 0 Å². The average Bonchev–Trinajstić information content (AvgIpc) is 2.81. The Morgan fingerprint density at radius 3 is 2.82 bits per heavy atom. The van der Waals surface area contributed by atoms with Gasteiger partial charge in [-0.1, -0.05) is 0 Å². The number of aromatic carboxylic acids is 1. The van der Waals surface area contributed by atoms with Crippen molar-refractivity contribution in [2.75, 3.05) is 31.8 Å². The normalized spacial score (nSPS) is 15.0. The van der Waals surface area contributed by atoms with Crippen molar-refractivity contribution in [1.82, 2.24) is 5.32 Å². The number of benzene rings is 1. The molecule has 1 aromatic rings. The van der Waals surface area contributed by atoms with Crippen LogP contribution in [0.1, 0.15) is 10.4 Å². The molecule has 1 saturated heterocycles. The summed E-state index contributed by atoms with van der Waals surface area (Å²) < 4.78 is 5.10. The number of phenolic OH excluding ortho intramolecular Hbond substituents is 1. The van der Waals surface area contributed by atoms with Crippen molar-refractivity contribution in [2.24, 2.45) is 0 Å². The highest BCUT2D eigenvalue weighted by atomic mass is 16.5. The quantitative estimate of drug-likeness (QED) is 0.710. The van der Waals surface area contributed by atoms with Crippen molar-refractivity contribution in [3.63, 3.8) is 0 Å². The van der Waals surface area contributed by atoms with Gasteiger partial charge in [0.1, 0.15) is 0 Å². The molecule has 0 saturated carbocycles. The van der Waals surface area contributed by atoms with Crippen LogP contribution in [0, 0.1) is 0 Å². The number of anilines is 1. The molecule has 3 N–H and O–H groups in total. The molecular formula is C11H14N2O4. The lowest BCUT2D eigenvalue weighted by Gasteiger charge is -2.22. The molecule has 0 radical (unpaired) electrons. The van der Waals surface area contributed by atoms with E-state index in [1.54, 1.807) is 0 Å². The molecule has 0 aromatic heterocycles. The van der Waals surface area contributed by atoms with Gasteiger partial charge >= 0.3 is 5.97 Å². The van der Waals surface area contributed by atoms with E-state index in [1.165, 1.54) is 19.2 Å². The maximum atomic E-state index is 11.2. The summed E-state index contributed by atoms with van der Waals surface area (Å²) in [5.74, 6) is -0.891. The third-order valence-corrected chi connectivity index (χ3v) is 2.72. The van der Waals surface area contributed by atoms with Crippen LogP contribution in [0.4, 0.5) is 5.69 Å². The molecule has 1 aliphatic rings. The van der Waals surface area contributed by atoms with Crippen molar-refractivity contribution < 1.29 is 19.7 Å². The molecule has 17 heavy (non-hydrogen) atoms. The Hall–Kier alpha value is -1.95. The lowest BCUT2D eigenvalue weighted by atomic mass is 10.1. The first kappa shape index (κ1) is 11.5. The van der Waals surface area contributed by atoms with Crippen molar-refractivity contribution >= 4 is 11.7 Å². The molecule has 0 aliphatic carbocycles. The Labute approximate surface area is 98.4 Å². The van der Waals surface area contributed by atoms with Gasteiger partial charge in [-0.15, -0.1) is 0 Å². The summed E-state index contributed by atoms with van der Waals surface area (Å²) >= 11 is 0. The summed E-state index contributed by atoms with van der Waals surface area (Å²) in [5, 5.41) is 21.9. The molecule has 0 unspecified atom stereocenters. The lowest BCUT2D eigenvalue weighted by molar-refractivity contribution is 0.0697. The number of carboxylic acid groups (broad SMARTS) is 1. The number of methoxy groups -OCH3 is 1. The molecule has 0 atom stereocenters. The fraction of sp³-hybridized carbons (Fsp3) is 0.364. The van der Waals surface area contributed by atoms with Gasteiger partial charge in [-0.05, 0) is 12.1 Å². The number of carboxylic acids is 1. The Balaban J connectivity index is 2.57. The molecule has 1 aromatic carbocycles. The Morgan fingerprint density at radius 1 is 1.53 bits per heavy atom. The van der Waals surface area contributed by atoms with E-state index < -0.39 is 5.97 Å². The van der Waals surface area contributed by atoms with Crippen LogP contribution in [0.5, 0.6) is 11.5 Å². The van der Waals surface area contributed by atoms with E-state index in [-0.39, 0.29) is 17.1 Å². The second-order valence-electron chi connectivity index (χ2n) is 3.74. The van der Waals surface area contributed by atoms with Gasteiger partial charge in [0.25, 0.3) is 0 Å². The van der Waals surface area contributed by atoms with Gasteiger partial charge in [-0.2, -0.15) is 0 Å². The van der Waals surface area contributed by atoms with E-state index >= 15 is 0 Å². The molecule has 1 heterocycles. The van der Waals surface area contributed by atoms with E-state index in [0.717, 1.165) is 6.54 Å². The van der Waals surface area contributed by atoms with Crippen LogP contribution >= 0.6 is 0 Å². The van der Waals surface area contributed by atoms with E-state index in [9.17, 15) is 9.90 Å². The zero-order chi connectivity index (χ0) is 12.4. The second-order valence-corrected chi connectivity index (χ2v) is 3.74. The first-order valence-electron chi connectivity index (χ1n) is 5.24. The van der Waals surface area contributed by atoms with Crippen molar-refractivity contribution in [3.8, 4) is 11.5 Å². The number of nitrogens with one attached hydrogen (secondary N) is 1. The number of phenols is 1. The van der Waals surface area contributed by atoms with E-state index in [4.69, 9.17) is 9.84 Å². The highest BCUT2D eigenvalue weighted by Gasteiger charge is 2.25. The second kappa shape index (κ2) is 4.50. The highest BCUT2D eigenvalue weighted by Crippen LogP contribution is 2.39. The van der Waals surface area contributed by atoms with Crippen LogP contribution in [0.2, 0.25) is 0 Å². The third kappa shape index (κ3) is 1.99. The summed E-state index contributed by atoms with van der Waals surface area (Å²) in [6.45, 7) is 2.00. The van der Waals surface area contributed by atoms with Gasteiger partial charge in [0.15, 0.2) is 11.5 Å². The van der Waals surface area contributed by atoms with E-state index in [1.807, 2.05) is 4.90 Å². The first-order chi connectivity index (χ1) is 8.15. The Morgan fingerprint density at radius 2 is 2.29 bits per heavy atom. The smallest absolute Gasteiger partial charge is 0.337 e. The number of hydrogen-bond donors (Lipinski definition) is 3. The molecule has 0 spiro atoms. The number of nitrogens with zero attached hydrogens (tertiary/aromatic N) is 1. The Bertz CT molecular complexity index is 441. The van der Waals surface area contributed by atoms with E-state index in [2.05, 4.69) is 5.32 Å². The predicted octanol–water partition coefficient (Wildman–Crippen LogP) is 0.466. The first-order valence-corrected chi connectivity index (χ1v) is 5.24. The SMILES string of the molecule is COc1c(O)ccc(C(=O)O)c1N1CCNC1. The largest absolute Gasteiger partial charge is 0.504 e. The molecule has 0 amide bonds. The van der Waals surface area contributed by atoms with Gasteiger partial charge in [0, 0.05) is 13.1 Å². The summed E-state index contributed by atoms with van der Waals surface area (Å²) in [5.41, 5.74) is 0.549.